The summed E-state index contributed by atoms with van der Waals surface area (Å²) in [6.07, 6.45) is 0.786. The summed E-state index contributed by atoms with van der Waals surface area (Å²) in [5.41, 5.74) is 2.26. The molecule has 1 aliphatic heterocycles. The number of carbonyl (C=O) groups excluding carboxylic acids is 2. The summed E-state index contributed by atoms with van der Waals surface area (Å²) in [5, 5.41) is 6.02. The maximum atomic E-state index is 12.6. The largest absolute Gasteiger partial charge is 0.497 e. The highest BCUT2D eigenvalue weighted by Crippen LogP contribution is 2.11. The number of amides is 2. The molecule has 7 nitrogen and oxygen atoms in total. The summed E-state index contributed by atoms with van der Waals surface area (Å²) >= 11 is 0. The lowest BCUT2D eigenvalue weighted by Gasteiger charge is -2.37. The van der Waals surface area contributed by atoms with Crippen LogP contribution in [0, 0.1) is 0 Å². The number of hydrogen-bond acceptors (Lipinski definition) is 5. The van der Waals surface area contributed by atoms with Crippen LogP contribution in [0.25, 0.3) is 0 Å². The minimum absolute atomic E-state index is 0.0339. The van der Waals surface area contributed by atoms with Crippen molar-refractivity contribution in [1.82, 2.24) is 20.4 Å². The number of hydrogen-bond donors (Lipinski definition) is 2. The Hall–Kier alpha value is -2.90. The number of ether oxygens (including phenoxy) is 1. The molecule has 32 heavy (non-hydrogen) atoms. The Morgan fingerprint density at radius 3 is 2.28 bits per heavy atom. The predicted molar refractivity (Wildman–Crippen MR) is 125 cm³/mol. The molecule has 0 radical (unpaired) electrons. The number of nitrogens with zero attached hydrogens (tertiary/aromatic N) is 2. The molecule has 0 bridgehead atoms. The fourth-order valence-corrected chi connectivity index (χ4v) is 3.80. The summed E-state index contributed by atoms with van der Waals surface area (Å²) < 4.78 is 5.17. The van der Waals surface area contributed by atoms with Crippen LogP contribution < -0.4 is 15.4 Å². The maximum Gasteiger partial charge on any atom is 0.237 e. The first-order valence-corrected chi connectivity index (χ1v) is 11.2. The van der Waals surface area contributed by atoms with Crippen LogP contribution in [0.15, 0.2) is 54.6 Å². The van der Waals surface area contributed by atoms with Gasteiger partial charge >= 0.3 is 0 Å². The van der Waals surface area contributed by atoms with Crippen LogP contribution >= 0.6 is 0 Å². The second-order valence-corrected chi connectivity index (χ2v) is 8.14. The van der Waals surface area contributed by atoms with Gasteiger partial charge in [-0.25, -0.2) is 0 Å². The molecule has 1 unspecified atom stereocenters. The minimum atomic E-state index is -0.181. The molecule has 1 heterocycles. The van der Waals surface area contributed by atoms with Gasteiger partial charge in [-0.3, -0.25) is 19.4 Å². The monoisotopic (exact) mass is 438 g/mol. The lowest BCUT2D eigenvalue weighted by molar-refractivity contribution is -0.127. The number of piperazine rings is 1. The van der Waals surface area contributed by atoms with Crippen molar-refractivity contribution in [1.29, 1.82) is 0 Å². The van der Waals surface area contributed by atoms with Crippen molar-refractivity contribution in [3.8, 4) is 5.75 Å². The summed E-state index contributed by atoms with van der Waals surface area (Å²) in [7, 11) is 1.65. The van der Waals surface area contributed by atoms with Crippen LogP contribution in [0.5, 0.6) is 5.75 Å². The molecule has 7 heteroatoms. The van der Waals surface area contributed by atoms with Crippen molar-refractivity contribution < 1.29 is 14.3 Å². The lowest BCUT2D eigenvalue weighted by atomic mass is 10.1. The van der Waals surface area contributed by atoms with E-state index in [4.69, 9.17) is 4.74 Å². The number of methoxy groups -OCH3 is 1. The number of carbonyl (C=O) groups is 2. The van der Waals surface area contributed by atoms with Crippen LogP contribution in [0.2, 0.25) is 0 Å². The zero-order valence-corrected chi connectivity index (χ0v) is 19.0. The first-order valence-electron chi connectivity index (χ1n) is 11.2. The molecular weight excluding hydrogens is 404 g/mol. The molecule has 2 aromatic carbocycles. The molecule has 3 rings (SSSR count). The first-order chi connectivity index (χ1) is 15.5. The van der Waals surface area contributed by atoms with Crippen LogP contribution in [0.4, 0.5) is 0 Å². The van der Waals surface area contributed by atoms with E-state index in [1.807, 2.05) is 61.5 Å². The third-order valence-corrected chi connectivity index (χ3v) is 5.91. The van der Waals surface area contributed by atoms with Crippen molar-refractivity contribution >= 4 is 11.8 Å². The van der Waals surface area contributed by atoms with Crippen molar-refractivity contribution in [3.63, 3.8) is 0 Å². The second-order valence-electron chi connectivity index (χ2n) is 8.14. The Kier molecular flexibility index (Phi) is 9.07. The Bertz CT molecular complexity index is 849. The third-order valence-electron chi connectivity index (χ3n) is 5.91. The van der Waals surface area contributed by atoms with Gasteiger partial charge in [-0.2, -0.15) is 0 Å². The van der Waals surface area contributed by atoms with Crippen molar-refractivity contribution in [3.05, 3.63) is 65.7 Å². The average Bonchev–Trinajstić information content (AvgIpc) is 2.84. The molecule has 172 valence electrons. The van der Waals surface area contributed by atoms with Gasteiger partial charge in [-0.15, -0.1) is 0 Å². The molecule has 1 atom stereocenters. The zero-order chi connectivity index (χ0) is 22.8. The van der Waals surface area contributed by atoms with Gasteiger partial charge in [0.1, 0.15) is 5.75 Å². The summed E-state index contributed by atoms with van der Waals surface area (Å²) in [6, 6.07) is 17.6. The van der Waals surface area contributed by atoms with Gasteiger partial charge in [0, 0.05) is 39.3 Å². The SMILES string of the molecule is COc1ccc(CCNC(=O)C(C)N2CCN(CC(=O)NCc3ccccc3)CC2)cc1. The molecule has 0 aromatic heterocycles. The molecular formula is C25H34N4O3. The van der Waals surface area contributed by atoms with Gasteiger partial charge in [0.05, 0.1) is 19.7 Å². The standard InChI is InChI=1S/C25H34N4O3/c1-20(25(31)26-13-12-21-8-10-23(32-2)11-9-21)29-16-14-28(15-17-29)19-24(30)27-18-22-6-4-3-5-7-22/h3-11,20H,12-19H2,1-2H3,(H,26,31)(H,27,30). The molecule has 0 saturated carbocycles. The van der Waals surface area contributed by atoms with Crippen molar-refractivity contribution in [2.45, 2.75) is 25.9 Å². The Morgan fingerprint density at radius 2 is 1.62 bits per heavy atom. The fraction of sp³-hybridized carbons (Fsp3) is 0.440. The van der Waals surface area contributed by atoms with E-state index in [0.29, 0.717) is 19.6 Å². The molecule has 1 fully saturated rings. The van der Waals surface area contributed by atoms with E-state index in [1.165, 1.54) is 0 Å². The Morgan fingerprint density at radius 1 is 0.938 bits per heavy atom. The van der Waals surface area contributed by atoms with E-state index in [-0.39, 0.29) is 17.9 Å². The van der Waals surface area contributed by atoms with E-state index >= 15 is 0 Å². The highest BCUT2D eigenvalue weighted by Gasteiger charge is 2.26. The number of benzene rings is 2. The zero-order valence-electron chi connectivity index (χ0n) is 19.0. The molecule has 2 N–H and O–H groups in total. The molecule has 0 aliphatic carbocycles. The predicted octanol–water partition coefficient (Wildman–Crippen LogP) is 1.68. The highest BCUT2D eigenvalue weighted by atomic mass is 16.5. The highest BCUT2D eigenvalue weighted by molar-refractivity contribution is 5.81. The van der Waals surface area contributed by atoms with E-state index in [1.54, 1.807) is 7.11 Å². The summed E-state index contributed by atoms with van der Waals surface area (Å²) in [4.78, 5) is 29.1. The topological polar surface area (TPSA) is 73.9 Å². The van der Waals surface area contributed by atoms with Gasteiger partial charge < -0.3 is 15.4 Å². The fourth-order valence-electron chi connectivity index (χ4n) is 3.80. The van der Waals surface area contributed by atoms with Crippen molar-refractivity contribution in [2.75, 3.05) is 46.4 Å². The van der Waals surface area contributed by atoms with E-state index in [0.717, 1.165) is 49.5 Å². The molecule has 2 amide bonds. The quantitative estimate of drug-likeness (QED) is 0.591. The maximum absolute atomic E-state index is 12.6. The van der Waals surface area contributed by atoms with E-state index < -0.39 is 0 Å². The van der Waals surface area contributed by atoms with Gasteiger partial charge in [-0.05, 0) is 36.6 Å². The van der Waals surface area contributed by atoms with E-state index in [9.17, 15) is 9.59 Å². The molecule has 2 aromatic rings. The first kappa shape index (κ1) is 23.8. The number of nitrogens with one attached hydrogen (secondary N) is 2. The Balaban J connectivity index is 1.32. The average molecular weight is 439 g/mol. The summed E-state index contributed by atoms with van der Waals surface area (Å²) in [6.45, 7) is 6.61. The van der Waals surface area contributed by atoms with Gasteiger partial charge in [0.15, 0.2) is 0 Å². The third kappa shape index (κ3) is 7.35. The van der Waals surface area contributed by atoms with Gasteiger partial charge in [0.25, 0.3) is 0 Å². The van der Waals surface area contributed by atoms with Crippen LogP contribution in [-0.4, -0.2) is 74.0 Å². The molecule has 1 aliphatic rings. The van der Waals surface area contributed by atoms with Crippen molar-refractivity contribution in [2.24, 2.45) is 0 Å². The van der Waals surface area contributed by atoms with Crippen LogP contribution in [-0.2, 0) is 22.6 Å². The summed E-state index contributed by atoms with van der Waals surface area (Å²) in [5.74, 6) is 0.915. The smallest absolute Gasteiger partial charge is 0.237 e. The Labute approximate surface area is 190 Å². The minimum Gasteiger partial charge on any atom is -0.497 e. The second kappa shape index (κ2) is 12.2. The number of rotatable bonds is 10. The normalized spacial score (nSPS) is 15.7. The molecule has 1 saturated heterocycles. The van der Waals surface area contributed by atoms with Crippen LogP contribution in [0.1, 0.15) is 18.1 Å². The van der Waals surface area contributed by atoms with Crippen LogP contribution in [0.3, 0.4) is 0 Å². The lowest BCUT2D eigenvalue weighted by Crippen LogP contribution is -2.55. The molecule has 0 spiro atoms. The van der Waals surface area contributed by atoms with E-state index in [2.05, 4.69) is 20.4 Å². The van der Waals surface area contributed by atoms with Gasteiger partial charge in [-0.1, -0.05) is 42.5 Å². The van der Waals surface area contributed by atoms with Gasteiger partial charge in [0.2, 0.25) is 11.8 Å².